The average molecular weight is 388 g/mol. The van der Waals surface area contributed by atoms with E-state index in [4.69, 9.17) is 4.74 Å². The zero-order valence-electron chi connectivity index (χ0n) is 17.0. The molecule has 0 bridgehead atoms. The van der Waals surface area contributed by atoms with E-state index in [-0.39, 0.29) is 17.9 Å². The van der Waals surface area contributed by atoms with E-state index in [2.05, 4.69) is 4.90 Å². The van der Waals surface area contributed by atoms with E-state index in [1.54, 1.807) is 4.90 Å². The van der Waals surface area contributed by atoms with Crippen molar-refractivity contribution in [2.45, 2.75) is 45.1 Å². The number of hydrogen-bond donors (Lipinski definition) is 0. The van der Waals surface area contributed by atoms with Crippen LogP contribution >= 0.6 is 0 Å². The highest BCUT2D eigenvalue weighted by atomic mass is 16.5. The van der Waals surface area contributed by atoms with Crippen molar-refractivity contribution < 1.29 is 14.3 Å². The molecule has 0 N–H and O–H groups in total. The number of unbranched alkanes of at least 4 members (excludes halogenated alkanes) is 1. The van der Waals surface area contributed by atoms with Crippen molar-refractivity contribution in [2.75, 3.05) is 45.9 Å². The van der Waals surface area contributed by atoms with Gasteiger partial charge in [-0.2, -0.15) is 0 Å². The average Bonchev–Trinajstić information content (AvgIpc) is 3.00. The Bertz CT molecular complexity index is 637. The second-order valence-electron chi connectivity index (χ2n) is 7.76. The van der Waals surface area contributed by atoms with Gasteiger partial charge in [-0.3, -0.25) is 9.59 Å². The van der Waals surface area contributed by atoms with Gasteiger partial charge < -0.3 is 19.4 Å². The maximum absolute atomic E-state index is 12.8. The topological polar surface area (TPSA) is 53.1 Å². The molecule has 0 radical (unpaired) electrons. The number of carbonyl (C=O) groups excluding carboxylic acids is 2. The predicted molar refractivity (Wildman–Crippen MR) is 109 cm³/mol. The molecule has 2 amide bonds. The van der Waals surface area contributed by atoms with E-state index in [9.17, 15) is 9.59 Å². The molecule has 1 aromatic rings. The number of para-hydroxylation sites is 1. The van der Waals surface area contributed by atoms with Crippen LogP contribution in [0.4, 0.5) is 0 Å². The zero-order chi connectivity index (χ0) is 19.8. The smallest absolute Gasteiger partial charge is 0.245 e. The molecule has 2 fully saturated rings. The molecule has 154 valence electrons. The SMILES string of the molecule is CC(C(=O)N1CCCN(CCCCOc2ccccc2)CC1)N1CCCC1=O. The Labute approximate surface area is 168 Å². The molecule has 2 saturated heterocycles. The molecule has 3 rings (SSSR count). The van der Waals surface area contributed by atoms with Crippen molar-refractivity contribution in [3.63, 3.8) is 0 Å². The van der Waals surface area contributed by atoms with Crippen molar-refractivity contribution in [3.8, 4) is 5.75 Å². The van der Waals surface area contributed by atoms with E-state index in [1.165, 1.54) is 0 Å². The maximum atomic E-state index is 12.8. The number of ether oxygens (including phenoxy) is 1. The number of rotatable bonds is 8. The van der Waals surface area contributed by atoms with Gasteiger partial charge in [0, 0.05) is 32.6 Å². The van der Waals surface area contributed by atoms with Crippen LogP contribution < -0.4 is 4.74 Å². The van der Waals surface area contributed by atoms with Gasteiger partial charge in [-0.25, -0.2) is 0 Å². The second kappa shape index (κ2) is 10.5. The van der Waals surface area contributed by atoms with E-state index in [0.29, 0.717) is 6.42 Å². The van der Waals surface area contributed by atoms with Crippen LogP contribution in [0.25, 0.3) is 0 Å². The highest BCUT2D eigenvalue weighted by Crippen LogP contribution is 2.16. The Morgan fingerprint density at radius 1 is 1.04 bits per heavy atom. The number of likely N-dealkylation sites (tertiary alicyclic amines) is 1. The summed E-state index contributed by atoms with van der Waals surface area (Å²) in [6, 6.07) is 9.61. The first-order valence-electron chi connectivity index (χ1n) is 10.6. The lowest BCUT2D eigenvalue weighted by molar-refractivity contribution is -0.142. The van der Waals surface area contributed by atoms with Crippen molar-refractivity contribution in [2.24, 2.45) is 0 Å². The normalized spacial score (nSPS) is 19.5. The van der Waals surface area contributed by atoms with E-state index in [0.717, 1.165) is 77.3 Å². The molecule has 6 heteroatoms. The summed E-state index contributed by atoms with van der Waals surface area (Å²) in [5.41, 5.74) is 0. The Morgan fingerprint density at radius 2 is 1.86 bits per heavy atom. The van der Waals surface area contributed by atoms with Gasteiger partial charge in [-0.15, -0.1) is 0 Å². The minimum absolute atomic E-state index is 0.105. The molecule has 2 aliphatic heterocycles. The molecular formula is C22H33N3O3. The van der Waals surface area contributed by atoms with Crippen molar-refractivity contribution in [1.82, 2.24) is 14.7 Å². The van der Waals surface area contributed by atoms with Gasteiger partial charge in [-0.05, 0) is 57.8 Å². The number of amides is 2. The van der Waals surface area contributed by atoms with Crippen LogP contribution in [-0.4, -0.2) is 78.4 Å². The fraction of sp³-hybridized carbons (Fsp3) is 0.636. The van der Waals surface area contributed by atoms with E-state index < -0.39 is 0 Å². The summed E-state index contributed by atoms with van der Waals surface area (Å²) in [5.74, 6) is 1.15. The third-order valence-corrected chi connectivity index (χ3v) is 5.72. The molecule has 0 aliphatic carbocycles. The minimum atomic E-state index is -0.323. The van der Waals surface area contributed by atoms with Crippen LogP contribution in [0.5, 0.6) is 5.75 Å². The predicted octanol–water partition coefficient (Wildman–Crippen LogP) is 2.39. The third kappa shape index (κ3) is 5.71. The van der Waals surface area contributed by atoms with E-state index in [1.807, 2.05) is 42.2 Å². The van der Waals surface area contributed by atoms with Crippen LogP contribution in [-0.2, 0) is 9.59 Å². The summed E-state index contributed by atoms with van der Waals surface area (Å²) >= 11 is 0. The number of carbonyl (C=O) groups is 2. The first-order chi connectivity index (χ1) is 13.6. The summed E-state index contributed by atoms with van der Waals surface area (Å²) in [4.78, 5) is 30.9. The van der Waals surface area contributed by atoms with Gasteiger partial charge in [0.15, 0.2) is 0 Å². The Balaban J connectivity index is 1.35. The highest BCUT2D eigenvalue weighted by Gasteiger charge is 2.32. The van der Waals surface area contributed by atoms with E-state index >= 15 is 0 Å². The third-order valence-electron chi connectivity index (χ3n) is 5.72. The Morgan fingerprint density at radius 3 is 2.61 bits per heavy atom. The lowest BCUT2D eigenvalue weighted by Gasteiger charge is -2.29. The molecule has 0 aromatic heterocycles. The van der Waals surface area contributed by atoms with Gasteiger partial charge in [-0.1, -0.05) is 18.2 Å². The Kier molecular flexibility index (Phi) is 7.71. The van der Waals surface area contributed by atoms with Crippen LogP contribution in [0, 0.1) is 0 Å². The van der Waals surface area contributed by atoms with Gasteiger partial charge in [0.25, 0.3) is 0 Å². The molecule has 1 aromatic carbocycles. The first kappa shape index (κ1) is 20.6. The summed E-state index contributed by atoms with van der Waals surface area (Å²) < 4.78 is 5.75. The molecule has 1 unspecified atom stereocenters. The number of nitrogens with zero attached hydrogens (tertiary/aromatic N) is 3. The molecule has 28 heavy (non-hydrogen) atoms. The standard InChI is InChI=1S/C22H33N3O3/c1-19(25-15-7-11-21(25)26)22(27)24-14-8-13-23(16-17-24)12-5-6-18-28-20-9-3-2-4-10-20/h2-4,9-10,19H,5-8,11-18H2,1H3. The van der Waals surface area contributed by atoms with Gasteiger partial charge in [0.05, 0.1) is 6.61 Å². The molecular weight excluding hydrogens is 354 g/mol. The van der Waals surface area contributed by atoms with Crippen molar-refractivity contribution in [1.29, 1.82) is 0 Å². The lowest BCUT2D eigenvalue weighted by Crippen LogP contribution is -2.48. The fourth-order valence-corrected chi connectivity index (χ4v) is 4.04. The Hall–Kier alpha value is -2.08. The maximum Gasteiger partial charge on any atom is 0.245 e. The highest BCUT2D eigenvalue weighted by molar-refractivity contribution is 5.88. The zero-order valence-corrected chi connectivity index (χ0v) is 17.0. The summed E-state index contributed by atoms with van der Waals surface area (Å²) in [7, 11) is 0. The largest absolute Gasteiger partial charge is 0.494 e. The molecule has 6 nitrogen and oxygen atoms in total. The molecule has 2 aliphatic rings. The van der Waals surface area contributed by atoms with Gasteiger partial charge in [0.1, 0.15) is 11.8 Å². The van der Waals surface area contributed by atoms with Gasteiger partial charge in [0.2, 0.25) is 11.8 Å². The summed E-state index contributed by atoms with van der Waals surface area (Å²) in [5, 5.41) is 0. The van der Waals surface area contributed by atoms with Crippen molar-refractivity contribution in [3.05, 3.63) is 30.3 Å². The van der Waals surface area contributed by atoms with Crippen LogP contribution in [0.1, 0.15) is 39.0 Å². The monoisotopic (exact) mass is 387 g/mol. The van der Waals surface area contributed by atoms with Crippen molar-refractivity contribution >= 4 is 11.8 Å². The van der Waals surface area contributed by atoms with Gasteiger partial charge >= 0.3 is 0 Å². The minimum Gasteiger partial charge on any atom is -0.494 e. The molecule has 1 atom stereocenters. The quantitative estimate of drug-likeness (QED) is 0.643. The van der Waals surface area contributed by atoms with Crippen LogP contribution in [0.15, 0.2) is 30.3 Å². The fourth-order valence-electron chi connectivity index (χ4n) is 4.04. The number of benzene rings is 1. The summed E-state index contributed by atoms with van der Waals surface area (Å²) in [6.07, 6.45) is 4.58. The number of hydrogen-bond acceptors (Lipinski definition) is 4. The molecule has 0 spiro atoms. The first-order valence-corrected chi connectivity index (χ1v) is 10.6. The second-order valence-corrected chi connectivity index (χ2v) is 7.76. The molecule has 0 saturated carbocycles. The molecule has 2 heterocycles. The van der Waals surface area contributed by atoms with Crippen LogP contribution in [0.2, 0.25) is 0 Å². The lowest BCUT2D eigenvalue weighted by atomic mass is 10.2. The van der Waals surface area contributed by atoms with Crippen LogP contribution in [0.3, 0.4) is 0 Å². The summed E-state index contributed by atoms with van der Waals surface area (Å²) in [6.45, 7) is 7.86.